The van der Waals surface area contributed by atoms with E-state index in [1.807, 2.05) is 60.7 Å². The van der Waals surface area contributed by atoms with Crippen molar-refractivity contribution in [3.8, 4) is 0 Å². The van der Waals surface area contributed by atoms with Gasteiger partial charge in [-0.3, -0.25) is 9.59 Å². The van der Waals surface area contributed by atoms with Gasteiger partial charge >= 0.3 is 12.1 Å². The van der Waals surface area contributed by atoms with E-state index in [2.05, 4.69) is 13.1 Å². The highest BCUT2D eigenvalue weighted by Crippen LogP contribution is 2.32. The van der Waals surface area contributed by atoms with Crippen molar-refractivity contribution in [1.82, 2.24) is 4.90 Å². The van der Waals surface area contributed by atoms with Gasteiger partial charge in [0.25, 0.3) is 0 Å². The van der Waals surface area contributed by atoms with Crippen molar-refractivity contribution in [2.45, 2.75) is 50.4 Å². The van der Waals surface area contributed by atoms with Crippen molar-refractivity contribution in [3.63, 3.8) is 0 Å². The minimum Gasteiger partial charge on any atom is -0.481 e. The topological polar surface area (TPSA) is 83.9 Å². The molecule has 2 aromatic rings. The third-order valence-electron chi connectivity index (χ3n) is 6.21. The molecule has 0 bridgehead atoms. The van der Waals surface area contributed by atoms with E-state index in [9.17, 15) is 19.5 Å². The fourth-order valence-corrected chi connectivity index (χ4v) is 7.30. The molecule has 3 rings (SSSR count). The monoisotopic (exact) mass is 439 g/mol. The summed E-state index contributed by atoms with van der Waals surface area (Å²) >= 11 is 0. The van der Waals surface area contributed by atoms with Crippen molar-refractivity contribution in [2.75, 3.05) is 6.61 Å². The molecule has 0 spiro atoms. The summed E-state index contributed by atoms with van der Waals surface area (Å²) in [5.74, 6) is -1.16. The van der Waals surface area contributed by atoms with Crippen LogP contribution < -0.4 is 5.19 Å². The summed E-state index contributed by atoms with van der Waals surface area (Å²) in [5, 5.41) is 10.4. The molecule has 0 radical (unpaired) electrons. The number of hydrogen-bond donors (Lipinski definition) is 1. The standard InChI is InChI=1S/C24H29NO5Si/c1-31(2,20-11-7-4-8-12-20)21(13-14-23(27)28)16-22(26)25-19(17-30-24(25)29)15-18-9-5-3-6-10-18/h3-12,19,21H,13-17H2,1-2H3,(H,27,28)/t19-,21-/m0/s1. The third-order valence-corrected chi connectivity index (χ3v) is 10.6. The van der Waals surface area contributed by atoms with Gasteiger partial charge in [-0.2, -0.15) is 0 Å². The van der Waals surface area contributed by atoms with Gasteiger partial charge in [0, 0.05) is 12.8 Å². The van der Waals surface area contributed by atoms with Crippen LogP contribution in [0.2, 0.25) is 18.6 Å². The number of cyclic esters (lactones) is 1. The fourth-order valence-electron chi connectivity index (χ4n) is 4.23. The van der Waals surface area contributed by atoms with E-state index < -0.39 is 20.1 Å². The lowest BCUT2D eigenvalue weighted by molar-refractivity contribution is -0.137. The minimum atomic E-state index is -2.17. The Balaban J connectivity index is 1.79. The molecule has 164 valence electrons. The van der Waals surface area contributed by atoms with Crippen LogP contribution in [0.5, 0.6) is 0 Å². The van der Waals surface area contributed by atoms with Gasteiger partial charge in [0.15, 0.2) is 0 Å². The Bertz CT molecular complexity index is 916. The molecular formula is C24H29NO5Si. The first-order valence-electron chi connectivity index (χ1n) is 10.6. The highest BCUT2D eigenvalue weighted by Gasteiger charge is 2.41. The van der Waals surface area contributed by atoms with Gasteiger partial charge in [-0.05, 0) is 23.9 Å². The number of hydrogen-bond acceptors (Lipinski definition) is 4. The van der Waals surface area contributed by atoms with E-state index in [1.165, 1.54) is 10.1 Å². The molecule has 1 heterocycles. The Morgan fingerprint density at radius 2 is 1.71 bits per heavy atom. The SMILES string of the molecule is C[Si](C)(c1ccccc1)[C@@H](CCC(=O)O)CC(=O)N1C(=O)OC[C@@H]1Cc1ccccc1. The smallest absolute Gasteiger partial charge is 0.416 e. The van der Waals surface area contributed by atoms with Crippen molar-refractivity contribution < 1.29 is 24.2 Å². The van der Waals surface area contributed by atoms with Crippen LogP contribution in [-0.2, 0) is 20.7 Å². The zero-order chi connectivity index (χ0) is 22.4. The summed E-state index contributed by atoms with van der Waals surface area (Å²) in [7, 11) is -2.17. The second kappa shape index (κ2) is 9.92. The number of benzene rings is 2. The van der Waals surface area contributed by atoms with Crippen LogP contribution in [0.15, 0.2) is 60.7 Å². The van der Waals surface area contributed by atoms with Crippen molar-refractivity contribution in [1.29, 1.82) is 0 Å². The molecule has 1 saturated heterocycles. The van der Waals surface area contributed by atoms with Gasteiger partial charge in [-0.15, -0.1) is 0 Å². The van der Waals surface area contributed by atoms with E-state index in [1.54, 1.807) is 0 Å². The second-order valence-electron chi connectivity index (χ2n) is 8.61. The quantitative estimate of drug-likeness (QED) is 0.601. The number of carbonyl (C=O) groups excluding carboxylic acids is 2. The molecular weight excluding hydrogens is 410 g/mol. The molecule has 0 aliphatic carbocycles. The van der Waals surface area contributed by atoms with Crippen LogP contribution in [-0.4, -0.2) is 48.7 Å². The van der Waals surface area contributed by atoms with E-state index in [0.29, 0.717) is 12.8 Å². The third kappa shape index (κ3) is 5.61. The van der Waals surface area contributed by atoms with Crippen molar-refractivity contribution in [3.05, 3.63) is 66.2 Å². The average Bonchev–Trinajstić information content (AvgIpc) is 3.12. The van der Waals surface area contributed by atoms with Crippen LogP contribution in [0.25, 0.3) is 0 Å². The predicted octanol–water partition coefficient (Wildman–Crippen LogP) is 3.82. The summed E-state index contributed by atoms with van der Waals surface area (Å²) in [6.45, 7) is 4.50. The maximum absolute atomic E-state index is 13.3. The normalized spacial score (nSPS) is 17.3. The number of ether oxygens (including phenoxy) is 1. The molecule has 7 heteroatoms. The fraction of sp³-hybridized carbons (Fsp3) is 0.375. The Morgan fingerprint density at radius 3 is 2.32 bits per heavy atom. The van der Waals surface area contributed by atoms with Gasteiger partial charge in [0.2, 0.25) is 5.91 Å². The molecule has 1 aliphatic heterocycles. The van der Waals surface area contributed by atoms with Crippen LogP contribution in [0, 0.1) is 0 Å². The Kier molecular flexibility index (Phi) is 7.28. The number of rotatable bonds is 9. The van der Waals surface area contributed by atoms with E-state index in [4.69, 9.17) is 4.74 Å². The lowest BCUT2D eigenvalue weighted by atomic mass is 10.1. The van der Waals surface area contributed by atoms with E-state index in [0.717, 1.165) is 5.56 Å². The van der Waals surface area contributed by atoms with Gasteiger partial charge < -0.3 is 9.84 Å². The van der Waals surface area contributed by atoms with Crippen molar-refractivity contribution in [2.24, 2.45) is 0 Å². The first-order chi connectivity index (χ1) is 14.8. The van der Waals surface area contributed by atoms with Crippen LogP contribution in [0.3, 0.4) is 0 Å². The summed E-state index contributed by atoms with van der Waals surface area (Å²) < 4.78 is 5.20. The van der Waals surface area contributed by atoms with Gasteiger partial charge in [-0.25, -0.2) is 9.69 Å². The van der Waals surface area contributed by atoms with Gasteiger partial charge in [0.1, 0.15) is 6.61 Å². The number of imide groups is 1. The first kappa shape index (κ1) is 22.7. The predicted molar refractivity (Wildman–Crippen MR) is 121 cm³/mol. The largest absolute Gasteiger partial charge is 0.481 e. The molecule has 6 nitrogen and oxygen atoms in total. The molecule has 2 amide bonds. The Labute approximate surface area is 183 Å². The van der Waals surface area contributed by atoms with Crippen LogP contribution >= 0.6 is 0 Å². The Hall–Kier alpha value is -2.93. The number of carboxylic acid groups (broad SMARTS) is 1. The molecule has 0 aromatic heterocycles. The second-order valence-corrected chi connectivity index (χ2v) is 13.4. The van der Waals surface area contributed by atoms with Gasteiger partial charge in [0.05, 0.1) is 14.1 Å². The highest BCUT2D eigenvalue weighted by molar-refractivity contribution is 6.91. The van der Waals surface area contributed by atoms with Crippen LogP contribution in [0.1, 0.15) is 24.8 Å². The summed E-state index contributed by atoms with van der Waals surface area (Å²) in [5.41, 5.74) is 0.925. The number of amides is 2. The molecule has 2 aromatic carbocycles. The lowest BCUT2D eigenvalue weighted by Crippen LogP contribution is -2.49. The number of carbonyl (C=O) groups is 3. The van der Waals surface area contributed by atoms with E-state index in [-0.39, 0.29) is 36.9 Å². The molecule has 0 unspecified atom stereocenters. The molecule has 31 heavy (non-hydrogen) atoms. The zero-order valence-electron chi connectivity index (χ0n) is 18.0. The summed E-state index contributed by atoms with van der Waals surface area (Å²) in [6.07, 6.45) is 0.474. The maximum atomic E-state index is 13.3. The van der Waals surface area contributed by atoms with E-state index >= 15 is 0 Å². The lowest BCUT2D eigenvalue weighted by Gasteiger charge is -2.34. The highest BCUT2D eigenvalue weighted by atomic mass is 28.3. The number of carboxylic acids is 1. The number of aliphatic carboxylic acids is 1. The Morgan fingerprint density at radius 1 is 1.10 bits per heavy atom. The minimum absolute atomic E-state index is 0.000892. The van der Waals surface area contributed by atoms with Crippen molar-refractivity contribution >= 4 is 31.2 Å². The van der Waals surface area contributed by atoms with Crippen LogP contribution in [0.4, 0.5) is 4.79 Å². The number of nitrogens with zero attached hydrogens (tertiary/aromatic N) is 1. The first-order valence-corrected chi connectivity index (χ1v) is 13.7. The molecule has 1 aliphatic rings. The molecule has 2 atom stereocenters. The molecule has 1 fully saturated rings. The molecule has 1 N–H and O–H groups in total. The summed E-state index contributed by atoms with van der Waals surface area (Å²) in [6, 6.07) is 19.3. The average molecular weight is 440 g/mol. The summed E-state index contributed by atoms with van der Waals surface area (Å²) in [4.78, 5) is 38.2. The van der Waals surface area contributed by atoms with Gasteiger partial charge in [-0.1, -0.05) is 78.9 Å². The maximum Gasteiger partial charge on any atom is 0.416 e. The zero-order valence-corrected chi connectivity index (χ0v) is 19.0. The molecule has 0 saturated carbocycles.